The van der Waals surface area contributed by atoms with E-state index >= 15 is 0 Å². The molecule has 0 amide bonds. The normalized spacial score (nSPS) is 21.9. The molecule has 0 spiro atoms. The number of nitrogens with one attached hydrogen (secondary N) is 2. The van der Waals surface area contributed by atoms with Crippen molar-refractivity contribution in [1.82, 2.24) is 10.6 Å². The first-order valence-electron chi connectivity index (χ1n) is 5.07. The Balaban J connectivity index is 2.24. The summed E-state index contributed by atoms with van der Waals surface area (Å²) in [4.78, 5) is 0. The summed E-state index contributed by atoms with van der Waals surface area (Å²) < 4.78 is 0. The van der Waals surface area contributed by atoms with Crippen molar-refractivity contribution >= 4 is 6.08 Å². The summed E-state index contributed by atoms with van der Waals surface area (Å²) in [6, 6.07) is 8.84. The highest BCUT2D eigenvalue weighted by Gasteiger charge is 2.15. The topological polar surface area (TPSA) is 24.1 Å². The zero-order valence-corrected chi connectivity index (χ0v) is 8.29. The van der Waals surface area contributed by atoms with Gasteiger partial charge in [0.2, 0.25) is 0 Å². The zero-order valence-electron chi connectivity index (χ0n) is 8.29. The van der Waals surface area contributed by atoms with Crippen molar-refractivity contribution < 1.29 is 0 Å². The number of hydrogen-bond acceptors (Lipinski definition) is 2. The minimum Gasteiger partial charge on any atom is -0.314 e. The Kier molecular flexibility index (Phi) is 2.96. The number of benzene rings is 1. The second-order valence-electron chi connectivity index (χ2n) is 3.54. The molecule has 1 aromatic carbocycles. The van der Waals surface area contributed by atoms with Crippen LogP contribution in [0.5, 0.6) is 0 Å². The lowest BCUT2D eigenvalue weighted by Gasteiger charge is -2.26. The van der Waals surface area contributed by atoms with Crippen LogP contribution in [0.2, 0.25) is 0 Å². The van der Waals surface area contributed by atoms with Gasteiger partial charge in [-0.1, -0.05) is 36.9 Å². The summed E-state index contributed by atoms with van der Waals surface area (Å²) in [5.74, 6) is 0. The third-order valence-electron chi connectivity index (χ3n) is 2.63. The van der Waals surface area contributed by atoms with E-state index in [1.807, 2.05) is 6.08 Å². The van der Waals surface area contributed by atoms with Gasteiger partial charge in [0.05, 0.1) is 0 Å². The maximum Gasteiger partial charge on any atom is 0.0453 e. The largest absolute Gasteiger partial charge is 0.314 e. The average molecular weight is 188 g/mol. The Hall–Kier alpha value is -1.12. The van der Waals surface area contributed by atoms with Gasteiger partial charge in [0.25, 0.3) is 0 Å². The fraction of sp³-hybridized carbons (Fsp3) is 0.333. The lowest BCUT2D eigenvalue weighted by Crippen LogP contribution is -2.42. The maximum atomic E-state index is 3.84. The van der Waals surface area contributed by atoms with E-state index in [1.165, 1.54) is 11.1 Å². The van der Waals surface area contributed by atoms with E-state index in [4.69, 9.17) is 0 Å². The van der Waals surface area contributed by atoms with Gasteiger partial charge in [-0.3, -0.25) is 0 Å². The third kappa shape index (κ3) is 1.86. The molecule has 2 N–H and O–H groups in total. The highest BCUT2D eigenvalue weighted by molar-refractivity contribution is 5.52. The number of piperazine rings is 1. The minimum atomic E-state index is 0.429. The van der Waals surface area contributed by atoms with Crippen LogP contribution in [0.25, 0.3) is 6.08 Å². The van der Waals surface area contributed by atoms with Crippen LogP contribution in [0, 0.1) is 0 Å². The van der Waals surface area contributed by atoms with E-state index in [-0.39, 0.29) is 0 Å². The molecule has 1 aliphatic rings. The summed E-state index contributed by atoms with van der Waals surface area (Å²) in [6.45, 7) is 6.94. The third-order valence-corrected chi connectivity index (χ3v) is 2.63. The fourth-order valence-corrected chi connectivity index (χ4v) is 1.89. The Morgan fingerprint density at radius 2 is 2.14 bits per heavy atom. The Labute approximate surface area is 85.0 Å². The molecule has 1 atom stereocenters. The highest BCUT2D eigenvalue weighted by Crippen LogP contribution is 2.19. The molecule has 0 unspecified atom stereocenters. The molecule has 0 saturated carbocycles. The molecule has 1 heterocycles. The monoisotopic (exact) mass is 188 g/mol. The van der Waals surface area contributed by atoms with Crippen molar-refractivity contribution in [2.45, 2.75) is 6.04 Å². The van der Waals surface area contributed by atoms with Crippen molar-refractivity contribution in [2.75, 3.05) is 19.6 Å². The van der Waals surface area contributed by atoms with E-state index in [2.05, 4.69) is 41.5 Å². The molecule has 0 aromatic heterocycles. The molecule has 2 nitrogen and oxygen atoms in total. The van der Waals surface area contributed by atoms with Crippen molar-refractivity contribution in [3.63, 3.8) is 0 Å². The zero-order chi connectivity index (χ0) is 9.80. The van der Waals surface area contributed by atoms with Gasteiger partial charge < -0.3 is 10.6 Å². The molecule has 2 heteroatoms. The molecular formula is C12H16N2. The maximum absolute atomic E-state index is 3.84. The summed E-state index contributed by atoms with van der Waals surface area (Å²) in [5.41, 5.74) is 2.57. The summed E-state index contributed by atoms with van der Waals surface area (Å²) in [6.07, 6.45) is 1.92. The van der Waals surface area contributed by atoms with E-state index < -0.39 is 0 Å². The standard InChI is InChI=1S/C12H16N2/c1-2-10-5-3-4-6-11(10)12-9-13-7-8-14-12/h2-6,12-14H,1,7-9H2/t12-/m1/s1. The van der Waals surface area contributed by atoms with Gasteiger partial charge in [-0.2, -0.15) is 0 Å². The molecule has 2 rings (SSSR count). The van der Waals surface area contributed by atoms with E-state index in [9.17, 15) is 0 Å². The Morgan fingerprint density at radius 1 is 1.29 bits per heavy atom. The van der Waals surface area contributed by atoms with Crippen LogP contribution < -0.4 is 10.6 Å². The molecule has 1 fully saturated rings. The number of rotatable bonds is 2. The van der Waals surface area contributed by atoms with Crippen LogP contribution in [0.15, 0.2) is 30.8 Å². The molecule has 1 aromatic rings. The highest BCUT2D eigenvalue weighted by atomic mass is 15.1. The SMILES string of the molecule is C=Cc1ccccc1[C@H]1CNCCN1. The summed E-state index contributed by atoms with van der Waals surface area (Å²) >= 11 is 0. The predicted molar refractivity (Wildman–Crippen MR) is 60.1 cm³/mol. The molecule has 1 saturated heterocycles. The first kappa shape index (κ1) is 9.44. The van der Waals surface area contributed by atoms with E-state index in [1.54, 1.807) is 0 Å². The molecule has 14 heavy (non-hydrogen) atoms. The Morgan fingerprint density at radius 3 is 2.86 bits per heavy atom. The van der Waals surface area contributed by atoms with E-state index in [0.29, 0.717) is 6.04 Å². The summed E-state index contributed by atoms with van der Waals surface area (Å²) in [5, 5.41) is 6.89. The predicted octanol–water partition coefficient (Wildman–Crippen LogP) is 1.56. The van der Waals surface area contributed by atoms with Crippen LogP contribution in [-0.2, 0) is 0 Å². The number of hydrogen-bond donors (Lipinski definition) is 2. The Bertz CT molecular complexity index is 314. The summed E-state index contributed by atoms with van der Waals surface area (Å²) in [7, 11) is 0. The first-order chi connectivity index (χ1) is 6.92. The van der Waals surface area contributed by atoms with Crippen LogP contribution in [-0.4, -0.2) is 19.6 Å². The van der Waals surface area contributed by atoms with Crippen molar-refractivity contribution in [3.05, 3.63) is 42.0 Å². The lowest BCUT2D eigenvalue weighted by atomic mass is 9.99. The van der Waals surface area contributed by atoms with Crippen LogP contribution >= 0.6 is 0 Å². The molecule has 74 valence electrons. The average Bonchev–Trinajstić information content (AvgIpc) is 2.30. The van der Waals surface area contributed by atoms with Gasteiger partial charge in [-0.15, -0.1) is 0 Å². The van der Waals surface area contributed by atoms with E-state index in [0.717, 1.165) is 19.6 Å². The van der Waals surface area contributed by atoms with Gasteiger partial charge >= 0.3 is 0 Å². The van der Waals surface area contributed by atoms with Crippen LogP contribution in [0.4, 0.5) is 0 Å². The van der Waals surface area contributed by atoms with Gasteiger partial charge in [-0.25, -0.2) is 0 Å². The molecule has 1 aliphatic heterocycles. The minimum absolute atomic E-state index is 0.429. The molecular weight excluding hydrogens is 172 g/mol. The van der Waals surface area contributed by atoms with Crippen LogP contribution in [0.1, 0.15) is 17.2 Å². The second kappa shape index (κ2) is 4.40. The smallest absolute Gasteiger partial charge is 0.0453 e. The van der Waals surface area contributed by atoms with Crippen LogP contribution in [0.3, 0.4) is 0 Å². The molecule has 0 bridgehead atoms. The second-order valence-corrected chi connectivity index (χ2v) is 3.54. The fourth-order valence-electron chi connectivity index (χ4n) is 1.89. The quantitative estimate of drug-likeness (QED) is 0.736. The van der Waals surface area contributed by atoms with Crippen molar-refractivity contribution in [2.24, 2.45) is 0 Å². The van der Waals surface area contributed by atoms with Crippen molar-refractivity contribution in [3.8, 4) is 0 Å². The van der Waals surface area contributed by atoms with Crippen molar-refractivity contribution in [1.29, 1.82) is 0 Å². The molecule has 0 radical (unpaired) electrons. The van der Waals surface area contributed by atoms with Gasteiger partial charge in [-0.05, 0) is 11.1 Å². The lowest BCUT2D eigenvalue weighted by molar-refractivity contribution is 0.430. The molecule has 0 aliphatic carbocycles. The van der Waals surface area contributed by atoms with Gasteiger partial charge in [0, 0.05) is 25.7 Å². The van der Waals surface area contributed by atoms with Gasteiger partial charge in [0.1, 0.15) is 0 Å². The first-order valence-corrected chi connectivity index (χ1v) is 5.07. The van der Waals surface area contributed by atoms with Gasteiger partial charge in [0.15, 0.2) is 0 Å².